The summed E-state index contributed by atoms with van der Waals surface area (Å²) in [6, 6.07) is 20.1. The second-order valence-electron chi connectivity index (χ2n) is 4.10. The molecule has 6 heteroatoms. The summed E-state index contributed by atoms with van der Waals surface area (Å²) < 4.78 is 22.8. The van der Waals surface area contributed by atoms with Crippen molar-refractivity contribution in [1.29, 1.82) is 0 Å². The van der Waals surface area contributed by atoms with Crippen molar-refractivity contribution in [2.75, 3.05) is 0 Å². The molecule has 18 heavy (non-hydrogen) atoms. The van der Waals surface area contributed by atoms with Gasteiger partial charge in [0.25, 0.3) is 0 Å². The van der Waals surface area contributed by atoms with Crippen LogP contribution in [0.1, 0.15) is 0 Å². The summed E-state index contributed by atoms with van der Waals surface area (Å²) in [5.41, 5.74) is 0. The summed E-state index contributed by atoms with van der Waals surface area (Å²) in [6.07, 6.45) is 0. The van der Waals surface area contributed by atoms with Crippen molar-refractivity contribution in [1.82, 2.24) is 0 Å². The average molecular weight is 291 g/mol. The lowest BCUT2D eigenvalue weighted by molar-refractivity contribution is 0.456. The van der Waals surface area contributed by atoms with Crippen molar-refractivity contribution in [2.45, 2.75) is 0 Å². The normalized spacial score (nSPS) is 25.2. The number of hydrogen-bond acceptors (Lipinski definition) is 3. The Balaban J connectivity index is 1.96. The Bertz CT molecular complexity index is 500. The molecule has 1 aliphatic heterocycles. The number of rotatable bonds is 2. The van der Waals surface area contributed by atoms with Crippen molar-refractivity contribution in [3.63, 3.8) is 0 Å². The maximum Gasteiger partial charge on any atom is 0.673 e. The van der Waals surface area contributed by atoms with E-state index in [-0.39, 0.29) is 0 Å². The molecule has 0 N–H and O–H groups in total. The predicted octanol–water partition coefficient (Wildman–Crippen LogP) is 1.03. The third kappa shape index (κ3) is 2.36. The molecule has 0 bridgehead atoms. The highest BCUT2D eigenvalue weighted by Gasteiger charge is 2.52. The quantitative estimate of drug-likeness (QED) is 0.612. The molecule has 0 radical (unpaired) electrons. The van der Waals surface area contributed by atoms with Crippen molar-refractivity contribution in [2.24, 2.45) is 0 Å². The summed E-state index contributed by atoms with van der Waals surface area (Å²) in [7, 11) is -5.33. The van der Waals surface area contributed by atoms with Crippen molar-refractivity contribution in [3.8, 4) is 0 Å². The summed E-state index contributed by atoms with van der Waals surface area (Å²) in [4.78, 5) is 0. The highest BCUT2D eigenvalue weighted by atomic mass is 31.1. The van der Waals surface area contributed by atoms with Gasteiger partial charge in [0.1, 0.15) is 0 Å². The molecule has 1 fully saturated rings. The van der Waals surface area contributed by atoms with Gasteiger partial charge in [0.15, 0.2) is 0 Å². The fourth-order valence-electron chi connectivity index (χ4n) is 2.08. The molecular formula is C12H12O3PSi2+. The molecule has 0 saturated carbocycles. The van der Waals surface area contributed by atoms with Crippen LogP contribution in [0.15, 0.2) is 60.7 Å². The molecule has 0 aliphatic carbocycles. The largest absolute Gasteiger partial charge is 0.673 e. The highest BCUT2D eigenvalue weighted by Crippen LogP contribution is 2.33. The number of hydrogen-bond donors (Lipinski definition) is 0. The zero-order valence-electron chi connectivity index (χ0n) is 9.60. The summed E-state index contributed by atoms with van der Waals surface area (Å²) in [5, 5.41) is 2.36. The lowest BCUT2D eigenvalue weighted by atomic mass is 10.4. The van der Waals surface area contributed by atoms with Gasteiger partial charge in [-0.2, -0.15) is 8.43 Å². The second-order valence-corrected chi connectivity index (χ2v) is 12.9. The first-order valence-electron chi connectivity index (χ1n) is 5.75. The third-order valence-electron chi connectivity index (χ3n) is 2.93. The third-order valence-corrected chi connectivity index (χ3v) is 14.9. The van der Waals surface area contributed by atoms with Gasteiger partial charge in [-0.05, 0) is 10.4 Å². The van der Waals surface area contributed by atoms with E-state index in [1.54, 1.807) is 0 Å². The van der Waals surface area contributed by atoms with Gasteiger partial charge in [-0.1, -0.05) is 60.7 Å². The van der Waals surface area contributed by atoms with E-state index in [1.165, 1.54) is 10.4 Å². The Morgan fingerprint density at radius 2 is 1.11 bits per heavy atom. The summed E-state index contributed by atoms with van der Waals surface area (Å²) >= 11 is 0. The molecule has 2 atom stereocenters. The minimum atomic E-state index is -1.92. The van der Waals surface area contributed by atoms with Crippen LogP contribution in [-0.4, -0.2) is 17.1 Å². The van der Waals surface area contributed by atoms with Gasteiger partial charge in [0, 0.05) is 4.57 Å². The van der Waals surface area contributed by atoms with Crippen LogP contribution in [0.5, 0.6) is 0 Å². The average Bonchev–Trinajstić information content (AvgIpc) is 2.83. The van der Waals surface area contributed by atoms with Crippen LogP contribution in [0.4, 0.5) is 0 Å². The molecule has 0 amide bonds. The summed E-state index contributed by atoms with van der Waals surface area (Å²) in [5.74, 6) is 0. The summed E-state index contributed by atoms with van der Waals surface area (Å²) in [6.45, 7) is 0. The molecule has 2 unspecified atom stereocenters. The van der Waals surface area contributed by atoms with Gasteiger partial charge >= 0.3 is 25.4 Å². The SMILES string of the molecule is O=[P+]1O[SiH](c2ccccc2)[SiH](c2ccccc2)O1. The van der Waals surface area contributed by atoms with Crippen LogP contribution in [0.25, 0.3) is 0 Å². The maximum atomic E-state index is 11.6. The predicted molar refractivity (Wildman–Crippen MR) is 76.2 cm³/mol. The number of benzene rings is 2. The first kappa shape index (κ1) is 12.0. The fourth-order valence-corrected chi connectivity index (χ4v) is 15.2. The smallest absolute Gasteiger partial charge is 0.175 e. The Kier molecular flexibility index (Phi) is 3.49. The standard InChI is InChI=1S/C12H12O3PSi2/c13-16-14-17(11-7-3-1-4-8-11)18(15-16)12-9-5-2-6-10-12/h1-10,17-18H/q+1. The molecule has 1 heterocycles. The van der Waals surface area contributed by atoms with Crippen LogP contribution in [-0.2, 0) is 13.0 Å². The minimum absolute atomic E-state index is 1.18. The zero-order valence-corrected chi connectivity index (χ0v) is 12.8. The Morgan fingerprint density at radius 3 is 1.50 bits per heavy atom. The van der Waals surface area contributed by atoms with Gasteiger partial charge in [0.05, 0.1) is 0 Å². The van der Waals surface area contributed by atoms with E-state index < -0.39 is 25.4 Å². The van der Waals surface area contributed by atoms with Gasteiger partial charge < -0.3 is 0 Å². The Labute approximate surface area is 110 Å². The van der Waals surface area contributed by atoms with E-state index in [9.17, 15) is 4.57 Å². The van der Waals surface area contributed by atoms with E-state index in [2.05, 4.69) is 24.3 Å². The molecule has 2 aromatic rings. The van der Waals surface area contributed by atoms with Gasteiger partial charge in [0.2, 0.25) is 0 Å². The molecule has 1 aliphatic rings. The van der Waals surface area contributed by atoms with Crippen molar-refractivity contribution in [3.05, 3.63) is 60.7 Å². The fraction of sp³-hybridized carbons (Fsp3) is 0. The Hall–Kier alpha value is -1.11. The molecule has 0 aromatic heterocycles. The highest BCUT2D eigenvalue weighted by molar-refractivity contribution is 7.50. The molecule has 90 valence electrons. The molecule has 2 aromatic carbocycles. The monoisotopic (exact) mass is 291 g/mol. The van der Waals surface area contributed by atoms with Crippen LogP contribution >= 0.6 is 8.25 Å². The van der Waals surface area contributed by atoms with Crippen LogP contribution in [0.3, 0.4) is 0 Å². The van der Waals surface area contributed by atoms with E-state index in [1.807, 2.05) is 36.4 Å². The van der Waals surface area contributed by atoms with E-state index in [0.29, 0.717) is 0 Å². The Morgan fingerprint density at radius 1 is 0.722 bits per heavy atom. The van der Waals surface area contributed by atoms with E-state index in [4.69, 9.17) is 8.43 Å². The zero-order chi connectivity index (χ0) is 12.4. The molecule has 0 spiro atoms. The van der Waals surface area contributed by atoms with E-state index >= 15 is 0 Å². The molecule has 1 saturated heterocycles. The van der Waals surface area contributed by atoms with Crippen LogP contribution in [0, 0.1) is 0 Å². The van der Waals surface area contributed by atoms with Crippen molar-refractivity contribution >= 4 is 35.7 Å². The molecule has 3 nitrogen and oxygen atoms in total. The van der Waals surface area contributed by atoms with E-state index in [0.717, 1.165) is 0 Å². The van der Waals surface area contributed by atoms with Crippen LogP contribution < -0.4 is 10.4 Å². The second kappa shape index (κ2) is 5.26. The van der Waals surface area contributed by atoms with Crippen LogP contribution in [0.2, 0.25) is 0 Å². The topological polar surface area (TPSA) is 35.5 Å². The van der Waals surface area contributed by atoms with Gasteiger partial charge in [-0.25, -0.2) is 0 Å². The van der Waals surface area contributed by atoms with Crippen molar-refractivity contribution < 1.29 is 13.0 Å². The minimum Gasteiger partial charge on any atom is -0.175 e. The lowest BCUT2D eigenvalue weighted by Gasteiger charge is -2.07. The molecule has 3 rings (SSSR count). The first-order valence-corrected chi connectivity index (χ1v) is 11.6. The van der Waals surface area contributed by atoms with Gasteiger partial charge in [-0.3, -0.25) is 0 Å². The molecular weight excluding hydrogens is 279 g/mol. The maximum absolute atomic E-state index is 11.6. The first-order chi connectivity index (χ1) is 8.84. The lowest BCUT2D eigenvalue weighted by Crippen LogP contribution is -2.51. The van der Waals surface area contributed by atoms with Gasteiger partial charge in [-0.15, -0.1) is 0 Å².